The number of carbonyl (C=O) groups is 1. The topological polar surface area (TPSA) is 118 Å². The Kier molecular flexibility index (Phi) is 6.97. The number of allylic oxidation sites excluding steroid dienone is 1. The van der Waals surface area contributed by atoms with Crippen LogP contribution < -0.4 is 25.7 Å². The van der Waals surface area contributed by atoms with Crippen LogP contribution in [0.5, 0.6) is 17.2 Å². The van der Waals surface area contributed by atoms with Gasteiger partial charge in [0.2, 0.25) is 5.75 Å². The lowest BCUT2D eigenvalue weighted by Gasteiger charge is -2.27. The number of alkyl halides is 5. The normalized spacial score (nSPS) is 16.2. The average Bonchev–Trinajstić information content (AvgIpc) is 2.78. The predicted molar refractivity (Wildman–Crippen MR) is 114 cm³/mol. The van der Waals surface area contributed by atoms with Gasteiger partial charge in [-0.3, -0.25) is 14.2 Å². The SMILES string of the molecule is COc1cc(C#N)cc(C)c1Oc1c(C(F)(F)C(F)(F)F)ncn(CC2=C(C)NC(C)NC2=O)c1=O. The maximum atomic E-state index is 14.4. The molecular formula is C22H20F5N5O4. The van der Waals surface area contributed by atoms with Crippen LogP contribution >= 0.6 is 0 Å². The fraction of sp³-hybridized carbons (Fsp3) is 0.364. The maximum absolute atomic E-state index is 14.4. The van der Waals surface area contributed by atoms with Crippen molar-refractivity contribution in [2.24, 2.45) is 0 Å². The second-order valence-corrected chi connectivity index (χ2v) is 7.91. The van der Waals surface area contributed by atoms with E-state index in [0.29, 0.717) is 16.6 Å². The van der Waals surface area contributed by atoms with Gasteiger partial charge in [0.1, 0.15) is 0 Å². The summed E-state index contributed by atoms with van der Waals surface area (Å²) in [6.07, 6.45) is -6.03. The number of amides is 1. The first-order chi connectivity index (χ1) is 16.7. The Bertz CT molecular complexity index is 1340. The molecule has 1 amide bonds. The molecule has 1 aliphatic heterocycles. The van der Waals surface area contributed by atoms with Crippen molar-refractivity contribution >= 4 is 5.91 Å². The Morgan fingerprint density at radius 2 is 1.81 bits per heavy atom. The molecule has 2 heterocycles. The number of carbonyl (C=O) groups excluding carboxylic acids is 1. The highest BCUT2D eigenvalue weighted by molar-refractivity contribution is 5.95. The molecule has 0 radical (unpaired) electrons. The third-order valence-electron chi connectivity index (χ3n) is 5.28. The largest absolute Gasteiger partial charge is 0.493 e. The third-order valence-corrected chi connectivity index (χ3v) is 5.28. The number of hydrogen-bond donors (Lipinski definition) is 2. The summed E-state index contributed by atoms with van der Waals surface area (Å²) >= 11 is 0. The molecule has 0 aliphatic carbocycles. The molecule has 2 aromatic rings. The number of rotatable bonds is 6. The minimum atomic E-state index is -6.09. The standard InChI is InChI=1S/C22H20F5N5O4/c1-10-5-13(7-28)6-15(35-4)16(10)36-17-18(21(23,24)22(25,26)27)29-9-32(20(17)34)8-14-11(2)30-12(3)31-19(14)33/h5-6,9,12,30H,8H2,1-4H3,(H,31,33). The fourth-order valence-corrected chi connectivity index (χ4v) is 3.49. The van der Waals surface area contributed by atoms with Crippen molar-refractivity contribution in [2.75, 3.05) is 7.11 Å². The van der Waals surface area contributed by atoms with Crippen molar-refractivity contribution in [2.45, 2.75) is 45.6 Å². The van der Waals surface area contributed by atoms with Gasteiger partial charge in [-0.1, -0.05) is 0 Å². The summed E-state index contributed by atoms with van der Waals surface area (Å²) in [4.78, 5) is 28.8. The Balaban J connectivity index is 2.22. The highest BCUT2D eigenvalue weighted by Gasteiger charge is 2.62. The third kappa shape index (κ3) is 4.81. The van der Waals surface area contributed by atoms with Crippen molar-refractivity contribution in [1.29, 1.82) is 5.26 Å². The van der Waals surface area contributed by atoms with E-state index >= 15 is 0 Å². The molecule has 1 aromatic heterocycles. The Hall–Kier alpha value is -4.15. The van der Waals surface area contributed by atoms with Gasteiger partial charge in [0.05, 0.1) is 43.4 Å². The van der Waals surface area contributed by atoms with Crippen LogP contribution in [0.2, 0.25) is 0 Å². The number of ether oxygens (including phenoxy) is 2. The Morgan fingerprint density at radius 1 is 1.14 bits per heavy atom. The number of aromatic nitrogens is 2. The summed E-state index contributed by atoms with van der Waals surface area (Å²) < 4.78 is 79.5. The minimum absolute atomic E-state index is 0.0328. The summed E-state index contributed by atoms with van der Waals surface area (Å²) in [5.41, 5.74) is -2.76. The van der Waals surface area contributed by atoms with E-state index in [0.717, 1.165) is 13.2 Å². The molecule has 192 valence electrons. The molecule has 9 nitrogen and oxygen atoms in total. The molecule has 1 aromatic carbocycles. The van der Waals surface area contributed by atoms with E-state index in [1.165, 1.54) is 19.9 Å². The Labute approximate surface area is 201 Å². The number of nitrogens with one attached hydrogen (secondary N) is 2. The summed E-state index contributed by atoms with van der Waals surface area (Å²) in [6.45, 7) is 4.07. The Morgan fingerprint density at radius 3 is 2.36 bits per heavy atom. The highest BCUT2D eigenvalue weighted by atomic mass is 19.4. The van der Waals surface area contributed by atoms with E-state index in [-0.39, 0.29) is 28.2 Å². The first-order valence-electron chi connectivity index (χ1n) is 10.3. The van der Waals surface area contributed by atoms with E-state index in [2.05, 4.69) is 15.6 Å². The van der Waals surface area contributed by atoms with Crippen molar-refractivity contribution in [3.8, 4) is 23.3 Å². The van der Waals surface area contributed by atoms with E-state index in [9.17, 15) is 31.5 Å². The van der Waals surface area contributed by atoms with Crippen molar-refractivity contribution < 1.29 is 36.2 Å². The fourth-order valence-electron chi connectivity index (χ4n) is 3.49. The van der Waals surface area contributed by atoms with Gasteiger partial charge in [-0.25, -0.2) is 4.98 Å². The second-order valence-electron chi connectivity index (χ2n) is 7.91. The van der Waals surface area contributed by atoms with E-state index < -0.39 is 47.7 Å². The smallest absolute Gasteiger partial charge is 0.459 e. The van der Waals surface area contributed by atoms with Crippen LogP contribution in [-0.2, 0) is 17.3 Å². The molecule has 3 rings (SSSR count). The van der Waals surface area contributed by atoms with Gasteiger partial charge in [-0.15, -0.1) is 0 Å². The molecule has 1 unspecified atom stereocenters. The molecule has 0 saturated heterocycles. The zero-order valence-corrected chi connectivity index (χ0v) is 19.4. The maximum Gasteiger partial charge on any atom is 0.459 e. The highest BCUT2D eigenvalue weighted by Crippen LogP contribution is 2.46. The van der Waals surface area contributed by atoms with Gasteiger partial charge in [-0.05, 0) is 32.4 Å². The molecule has 1 atom stereocenters. The van der Waals surface area contributed by atoms with E-state index in [1.54, 1.807) is 6.92 Å². The summed E-state index contributed by atoms with van der Waals surface area (Å²) in [6, 6.07) is 4.26. The van der Waals surface area contributed by atoms with Gasteiger partial charge >= 0.3 is 12.1 Å². The van der Waals surface area contributed by atoms with Crippen LogP contribution in [0.15, 0.2) is 34.5 Å². The number of nitrogens with zero attached hydrogens (tertiary/aromatic N) is 3. The van der Waals surface area contributed by atoms with E-state index in [4.69, 9.17) is 14.7 Å². The van der Waals surface area contributed by atoms with Crippen molar-refractivity contribution in [3.05, 3.63) is 56.9 Å². The summed E-state index contributed by atoms with van der Waals surface area (Å²) in [5.74, 6) is -8.09. The van der Waals surface area contributed by atoms with Crippen molar-refractivity contribution in [1.82, 2.24) is 20.2 Å². The number of benzene rings is 1. The van der Waals surface area contributed by atoms with E-state index in [1.807, 2.05) is 6.07 Å². The minimum Gasteiger partial charge on any atom is -0.493 e. The van der Waals surface area contributed by atoms with Gasteiger partial charge < -0.3 is 20.1 Å². The average molecular weight is 513 g/mol. The summed E-state index contributed by atoms with van der Waals surface area (Å²) in [7, 11) is 1.15. The number of methoxy groups -OCH3 is 1. The van der Waals surface area contributed by atoms with Gasteiger partial charge in [-0.2, -0.15) is 27.2 Å². The lowest BCUT2D eigenvalue weighted by Crippen LogP contribution is -2.49. The van der Waals surface area contributed by atoms with Crippen LogP contribution in [0.25, 0.3) is 0 Å². The van der Waals surface area contributed by atoms with Crippen LogP contribution in [-0.4, -0.2) is 34.9 Å². The second kappa shape index (κ2) is 9.48. The first kappa shape index (κ1) is 26.5. The van der Waals surface area contributed by atoms with Crippen LogP contribution in [0.4, 0.5) is 22.0 Å². The lowest BCUT2D eigenvalue weighted by molar-refractivity contribution is -0.291. The predicted octanol–water partition coefficient (Wildman–Crippen LogP) is 3.22. The van der Waals surface area contributed by atoms with Crippen molar-refractivity contribution in [3.63, 3.8) is 0 Å². The molecule has 0 saturated carbocycles. The number of nitriles is 1. The lowest BCUT2D eigenvalue weighted by atomic mass is 10.1. The summed E-state index contributed by atoms with van der Waals surface area (Å²) in [5, 5.41) is 14.6. The van der Waals surface area contributed by atoms with Crippen LogP contribution in [0.3, 0.4) is 0 Å². The number of halogens is 5. The number of hydrogen-bond acceptors (Lipinski definition) is 7. The molecule has 2 N–H and O–H groups in total. The van der Waals surface area contributed by atoms with Gasteiger partial charge in [0.15, 0.2) is 17.2 Å². The molecular weight excluding hydrogens is 493 g/mol. The molecule has 0 fully saturated rings. The molecule has 0 spiro atoms. The number of aryl methyl sites for hydroxylation is 1. The van der Waals surface area contributed by atoms with Crippen LogP contribution in [0.1, 0.15) is 30.7 Å². The zero-order valence-electron chi connectivity index (χ0n) is 19.4. The molecule has 14 heteroatoms. The van der Waals surface area contributed by atoms with Gasteiger partial charge in [0, 0.05) is 11.8 Å². The molecule has 36 heavy (non-hydrogen) atoms. The zero-order chi connectivity index (χ0) is 27.0. The monoisotopic (exact) mass is 513 g/mol. The molecule has 0 bridgehead atoms. The first-order valence-corrected chi connectivity index (χ1v) is 10.3. The quantitative estimate of drug-likeness (QED) is 0.570. The van der Waals surface area contributed by atoms with Crippen LogP contribution in [0, 0.1) is 18.3 Å². The molecule has 1 aliphatic rings. The van der Waals surface area contributed by atoms with Gasteiger partial charge in [0.25, 0.3) is 11.5 Å².